The number of phenolic OH excluding ortho intramolecular Hbond substituents is 1. The monoisotopic (exact) mass is 217 g/mol. The molecule has 3 heteroatoms. The van der Waals surface area contributed by atoms with Gasteiger partial charge in [-0.15, -0.1) is 0 Å². The summed E-state index contributed by atoms with van der Waals surface area (Å²) in [6.45, 7) is 5.97. The average molecular weight is 217 g/mol. The van der Waals surface area contributed by atoms with Gasteiger partial charge in [0.2, 0.25) is 0 Å². The van der Waals surface area contributed by atoms with Gasteiger partial charge >= 0.3 is 0 Å². The predicted molar refractivity (Wildman–Crippen MR) is 62.4 cm³/mol. The third kappa shape index (κ3) is 1.94. The number of nitrogens with zero attached hydrogens (tertiary/aromatic N) is 1. The van der Waals surface area contributed by atoms with Crippen molar-refractivity contribution in [2.24, 2.45) is 0 Å². The lowest BCUT2D eigenvalue weighted by Crippen LogP contribution is -1.86. The highest BCUT2D eigenvalue weighted by atomic mass is 16.4. The van der Waals surface area contributed by atoms with E-state index in [9.17, 15) is 5.11 Å². The molecule has 0 aliphatic carbocycles. The Balaban J connectivity index is 2.48. The standard InChI is InChI=1S/C13H15NO2/c1-8(2)13-14-12(9(3)16-13)10-5-4-6-11(15)7-10/h4-8,15H,1-3H3. The summed E-state index contributed by atoms with van der Waals surface area (Å²) < 4.78 is 5.58. The van der Waals surface area contributed by atoms with Gasteiger partial charge in [0.05, 0.1) is 0 Å². The van der Waals surface area contributed by atoms with E-state index >= 15 is 0 Å². The van der Waals surface area contributed by atoms with Gasteiger partial charge in [-0.05, 0) is 19.1 Å². The zero-order valence-corrected chi connectivity index (χ0v) is 9.69. The van der Waals surface area contributed by atoms with Crippen molar-refractivity contribution in [2.75, 3.05) is 0 Å². The van der Waals surface area contributed by atoms with Crippen LogP contribution in [0.4, 0.5) is 0 Å². The maximum atomic E-state index is 9.42. The van der Waals surface area contributed by atoms with Crippen LogP contribution in [0.15, 0.2) is 28.7 Å². The molecule has 0 aliphatic rings. The van der Waals surface area contributed by atoms with E-state index < -0.39 is 0 Å². The molecule has 2 aromatic rings. The maximum absolute atomic E-state index is 9.42. The van der Waals surface area contributed by atoms with Gasteiger partial charge in [0.1, 0.15) is 17.2 Å². The molecule has 1 N–H and O–H groups in total. The van der Waals surface area contributed by atoms with E-state index in [2.05, 4.69) is 4.98 Å². The zero-order chi connectivity index (χ0) is 11.7. The average Bonchev–Trinajstić information content (AvgIpc) is 2.60. The summed E-state index contributed by atoms with van der Waals surface area (Å²) in [5.74, 6) is 2.03. The smallest absolute Gasteiger partial charge is 0.197 e. The molecule has 16 heavy (non-hydrogen) atoms. The van der Waals surface area contributed by atoms with E-state index in [1.807, 2.05) is 26.8 Å². The highest BCUT2D eigenvalue weighted by molar-refractivity contribution is 5.62. The summed E-state index contributed by atoms with van der Waals surface area (Å²) in [5.41, 5.74) is 1.69. The first-order valence-electron chi connectivity index (χ1n) is 5.34. The normalized spacial score (nSPS) is 11.0. The van der Waals surface area contributed by atoms with E-state index in [4.69, 9.17) is 4.42 Å². The Morgan fingerprint density at radius 1 is 1.31 bits per heavy atom. The second-order valence-electron chi connectivity index (χ2n) is 4.16. The van der Waals surface area contributed by atoms with Crippen molar-refractivity contribution in [1.82, 2.24) is 4.98 Å². The van der Waals surface area contributed by atoms with Crippen LogP contribution in [0.3, 0.4) is 0 Å². The van der Waals surface area contributed by atoms with Crippen LogP contribution in [0.25, 0.3) is 11.3 Å². The van der Waals surface area contributed by atoms with Crippen LogP contribution in [0.1, 0.15) is 31.4 Å². The second kappa shape index (κ2) is 4.00. The van der Waals surface area contributed by atoms with E-state index in [1.54, 1.807) is 18.2 Å². The fourth-order valence-electron chi connectivity index (χ4n) is 1.58. The lowest BCUT2D eigenvalue weighted by Gasteiger charge is -1.98. The first-order chi connectivity index (χ1) is 7.58. The van der Waals surface area contributed by atoms with Crippen molar-refractivity contribution in [3.8, 4) is 17.0 Å². The van der Waals surface area contributed by atoms with Gasteiger partial charge in [0.25, 0.3) is 0 Å². The third-order valence-corrected chi connectivity index (χ3v) is 2.43. The molecule has 2 rings (SSSR count). The van der Waals surface area contributed by atoms with Crippen LogP contribution >= 0.6 is 0 Å². The molecule has 0 aliphatic heterocycles. The first kappa shape index (κ1) is 10.7. The van der Waals surface area contributed by atoms with Crippen LogP contribution in [0.2, 0.25) is 0 Å². The van der Waals surface area contributed by atoms with Crippen LogP contribution in [-0.2, 0) is 0 Å². The Bertz CT molecular complexity index is 500. The highest BCUT2D eigenvalue weighted by Gasteiger charge is 2.13. The lowest BCUT2D eigenvalue weighted by molar-refractivity contribution is 0.450. The summed E-state index contributed by atoms with van der Waals surface area (Å²) >= 11 is 0. The molecule has 0 spiro atoms. The summed E-state index contributed by atoms with van der Waals surface area (Å²) in [4.78, 5) is 4.44. The van der Waals surface area contributed by atoms with E-state index in [1.165, 1.54) is 0 Å². The SMILES string of the molecule is Cc1oc(C(C)C)nc1-c1cccc(O)c1. The summed E-state index contributed by atoms with van der Waals surface area (Å²) in [6, 6.07) is 7.04. The van der Waals surface area contributed by atoms with Gasteiger partial charge in [0.15, 0.2) is 5.89 Å². The Morgan fingerprint density at radius 2 is 2.06 bits per heavy atom. The Labute approximate surface area is 94.8 Å². The van der Waals surface area contributed by atoms with E-state index in [0.29, 0.717) is 0 Å². The highest BCUT2D eigenvalue weighted by Crippen LogP contribution is 2.28. The van der Waals surface area contributed by atoms with Gasteiger partial charge in [-0.2, -0.15) is 0 Å². The van der Waals surface area contributed by atoms with Gasteiger partial charge in [-0.3, -0.25) is 0 Å². The molecule has 0 bridgehead atoms. The molecule has 3 nitrogen and oxygen atoms in total. The molecule has 0 saturated carbocycles. The van der Waals surface area contributed by atoms with Crippen molar-refractivity contribution in [3.05, 3.63) is 35.9 Å². The minimum Gasteiger partial charge on any atom is -0.508 e. The van der Waals surface area contributed by atoms with Crippen molar-refractivity contribution in [2.45, 2.75) is 26.7 Å². The van der Waals surface area contributed by atoms with E-state index in [0.717, 1.165) is 22.9 Å². The minimum absolute atomic E-state index is 0.242. The predicted octanol–water partition coefficient (Wildman–Crippen LogP) is 3.48. The van der Waals surface area contributed by atoms with Crippen LogP contribution in [0, 0.1) is 6.92 Å². The third-order valence-electron chi connectivity index (χ3n) is 2.43. The van der Waals surface area contributed by atoms with Gasteiger partial charge in [-0.25, -0.2) is 4.98 Å². The van der Waals surface area contributed by atoms with Crippen LogP contribution in [-0.4, -0.2) is 10.1 Å². The van der Waals surface area contributed by atoms with Crippen molar-refractivity contribution in [1.29, 1.82) is 0 Å². The van der Waals surface area contributed by atoms with Crippen molar-refractivity contribution in [3.63, 3.8) is 0 Å². The molecule has 1 aromatic heterocycles. The molecule has 0 atom stereocenters. The summed E-state index contributed by atoms with van der Waals surface area (Å²) in [6.07, 6.45) is 0. The number of aromatic nitrogens is 1. The molecular weight excluding hydrogens is 202 g/mol. The Morgan fingerprint density at radius 3 is 2.62 bits per heavy atom. The maximum Gasteiger partial charge on any atom is 0.197 e. The Kier molecular flexibility index (Phi) is 2.69. The van der Waals surface area contributed by atoms with E-state index in [-0.39, 0.29) is 11.7 Å². The number of hydrogen-bond donors (Lipinski definition) is 1. The number of benzene rings is 1. The quantitative estimate of drug-likeness (QED) is 0.837. The molecule has 0 unspecified atom stereocenters. The fourth-order valence-corrected chi connectivity index (χ4v) is 1.58. The number of rotatable bonds is 2. The number of aromatic hydroxyl groups is 1. The molecule has 1 aromatic carbocycles. The molecular formula is C13H15NO2. The fraction of sp³-hybridized carbons (Fsp3) is 0.308. The lowest BCUT2D eigenvalue weighted by atomic mass is 10.1. The number of phenols is 1. The van der Waals surface area contributed by atoms with Gasteiger partial charge in [-0.1, -0.05) is 26.0 Å². The van der Waals surface area contributed by atoms with Crippen molar-refractivity contribution < 1.29 is 9.52 Å². The molecule has 1 heterocycles. The van der Waals surface area contributed by atoms with Crippen molar-refractivity contribution >= 4 is 0 Å². The minimum atomic E-state index is 0.242. The number of hydrogen-bond acceptors (Lipinski definition) is 3. The molecule has 0 saturated heterocycles. The molecule has 0 amide bonds. The largest absolute Gasteiger partial charge is 0.508 e. The van der Waals surface area contributed by atoms with Gasteiger partial charge in [0, 0.05) is 11.5 Å². The Hall–Kier alpha value is -1.77. The molecule has 84 valence electrons. The number of aryl methyl sites for hydroxylation is 1. The van der Waals surface area contributed by atoms with Gasteiger partial charge < -0.3 is 9.52 Å². The van der Waals surface area contributed by atoms with Crippen LogP contribution < -0.4 is 0 Å². The molecule has 0 fully saturated rings. The second-order valence-corrected chi connectivity index (χ2v) is 4.16. The van der Waals surface area contributed by atoms with Crippen LogP contribution in [0.5, 0.6) is 5.75 Å². The summed E-state index contributed by atoms with van der Waals surface area (Å²) in [5, 5.41) is 9.42. The first-order valence-corrected chi connectivity index (χ1v) is 5.34. The molecule has 0 radical (unpaired) electrons. The zero-order valence-electron chi connectivity index (χ0n) is 9.69. The topological polar surface area (TPSA) is 46.3 Å². The summed E-state index contributed by atoms with van der Waals surface area (Å²) in [7, 11) is 0. The number of oxazole rings is 1.